The molecule has 0 fully saturated rings. The Balaban J connectivity index is 2.76. The van der Waals surface area contributed by atoms with Gasteiger partial charge >= 0.3 is 5.97 Å². The van der Waals surface area contributed by atoms with Crippen LogP contribution in [-0.4, -0.2) is 37.0 Å². The number of amides is 1. The lowest BCUT2D eigenvalue weighted by Crippen LogP contribution is -2.42. The number of carbonyl (C=O) groups excluding carboxylic acids is 2. The van der Waals surface area contributed by atoms with E-state index in [1.165, 1.54) is 25.3 Å². The molecule has 0 unspecified atom stereocenters. The summed E-state index contributed by atoms with van der Waals surface area (Å²) in [5.41, 5.74) is -0.0828. The largest absolute Gasteiger partial charge is 0.467 e. The zero-order valence-electron chi connectivity index (χ0n) is 10.8. The number of nitrogens with one attached hydrogen (secondary N) is 1. The Kier molecular flexibility index (Phi) is 6.35. The summed E-state index contributed by atoms with van der Waals surface area (Å²) in [5, 5.41) is 2.49. The van der Waals surface area contributed by atoms with Crippen LogP contribution in [0.1, 0.15) is 16.8 Å². The van der Waals surface area contributed by atoms with Gasteiger partial charge in [-0.25, -0.2) is 9.18 Å². The zero-order chi connectivity index (χ0) is 14.3. The fourth-order valence-corrected chi connectivity index (χ4v) is 1.98. The topological polar surface area (TPSA) is 55.4 Å². The van der Waals surface area contributed by atoms with Gasteiger partial charge < -0.3 is 10.1 Å². The SMILES string of the molecule is COC(=O)[C@H](CCSC)NC(=O)c1ccccc1F. The third-order valence-electron chi connectivity index (χ3n) is 2.52. The smallest absolute Gasteiger partial charge is 0.328 e. The molecule has 0 aliphatic rings. The van der Waals surface area contributed by atoms with Gasteiger partial charge in [0, 0.05) is 0 Å². The van der Waals surface area contributed by atoms with Crippen molar-refractivity contribution in [2.75, 3.05) is 19.1 Å². The molecule has 0 saturated heterocycles. The van der Waals surface area contributed by atoms with E-state index < -0.39 is 23.7 Å². The highest BCUT2D eigenvalue weighted by Gasteiger charge is 2.22. The number of halogens is 1. The molecule has 0 aromatic heterocycles. The van der Waals surface area contributed by atoms with Gasteiger partial charge in [-0.2, -0.15) is 11.8 Å². The number of esters is 1. The lowest BCUT2D eigenvalue weighted by molar-refractivity contribution is -0.142. The van der Waals surface area contributed by atoms with Gasteiger partial charge in [0.05, 0.1) is 12.7 Å². The summed E-state index contributed by atoms with van der Waals surface area (Å²) in [4.78, 5) is 23.4. The quantitative estimate of drug-likeness (QED) is 0.810. The lowest BCUT2D eigenvalue weighted by Gasteiger charge is -2.16. The van der Waals surface area contributed by atoms with Gasteiger partial charge in [-0.05, 0) is 30.6 Å². The Morgan fingerprint density at radius 2 is 2.11 bits per heavy atom. The van der Waals surface area contributed by atoms with Crippen LogP contribution in [0.25, 0.3) is 0 Å². The standard InChI is InChI=1S/C13H16FNO3S/c1-18-13(17)11(7-8-19-2)15-12(16)9-5-3-4-6-10(9)14/h3-6,11H,7-8H2,1-2H3,(H,15,16)/t11-/m0/s1. The van der Waals surface area contributed by atoms with Crippen LogP contribution in [0.4, 0.5) is 4.39 Å². The van der Waals surface area contributed by atoms with Crippen molar-refractivity contribution in [2.24, 2.45) is 0 Å². The van der Waals surface area contributed by atoms with Gasteiger partial charge in [-0.1, -0.05) is 12.1 Å². The molecule has 19 heavy (non-hydrogen) atoms. The van der Waals surface area contributed by atoms with E-state index in [0.717, 1.165) is 0 Å². The van der Waals surface area contributed by atoms with Crippen molar-refractivity contribution in [3.63, 3.8) is 0 Å². The molecule has 0 saturated carbocycles. The molecule has 1 N–H and O–H groups in total. The van der Waals surface area contributed by atoms with Crippen LogP contribution < -0.4 is 5.32 Å². The Labute approximate surface area is 115 Å². The number of hydrogen-bond donors (Lipinski definition) is 1. The van der Waals surface area contributed by atoms with Gasteiger partial charge in [0.2, 0.25) is 0 Å². The number of methoxy groups -OCH3 is 1. The second-order valence-electron chi connectivity index (χ2n) is 3.81. The van der Waals surface area contributed by atoms with Crippen LogP contribution in [0.15, 0.2) is 24.3 Å². The van der Waals surface area contributed by atoms with Crippen LogP contribution in [0.5, 0.6) is 0 Å². The highest BCUT2D eigenvalue weighted by Crippen LogP contribution is 2.08. The average molecular weight is 285 g/mol. The maximum absolute atomic E-state index is 13.4. The molecule has 1 atom stereocenters. The maximum atomic E-state index is 13.4. The highest BCUT2D eigenvalue weighted by atomic mass is 32.2. The minimum absolute atomic E-state index is 0.0828. The van der Waals surface area contributed by atoms with E-state index >= 15 is 0 Å². The molecule has 0 aliphatic carbocycles. The van der Waals surface area contributed by atoms with Crippen LogP contribution >= 0.6 is 11.8 Å². The summed E-state index contributed by atoms with van der Waals surface area (Å²) in [6, 6.07) is 4.87. The third kappa shape index (κ3) is 4.55. The van der Waals surface area contributed by atoms with E-state index in [0.29, 0.717) is 12.2 Å². The first-order valence-corrected chi connectivity index (χ1v) is 7.11. The van der Waals surface area contributed by atoms with E-state index in [1.54, 1.807) is 17.8 Å². The van der Waals surface area contributed by atoms with Crippen LogP contribution in [-0.2, 0) is 9.53 Å². The first-order valence-electron chi connectivity index (χ1n) is 5.72. The van der Waals surface area contributed by atoms with E-state index in [2.05, 4.69) is 10.1 Å². The molecule has 0 heterocycles. The molecule has 0 spiro atoms. The Bertz CT molecular complexity index is 453. The van der Waals surface area contributed by atoms with E-state index in [4.69, 9.17) is 0 Å². The van der Waals surface area contributed by atoms with Crippen molar-refractivity contribution < 1.29 is 18.7 Å². The Morgan fingerprint density at radius 3 is 2.68 bits per heavy atom. The second kappa shape index (κ2) is 7.78. The number of thioether (sulfide) groups is 1. The summed E-state index contributed by atoms with van der Waals surface area (Å²) >= 11 is 1.55. The predicted octanol–water partition coefficient (Wildman–Crippen LogP) is 1.85. The summed E-state index contributed by atoms with van der Waals surface area (Å²) in [5.74, 6) is -1.07. The number of hydrogen-bond acceptors (Lipinski definition) is 4. The van der Waals surface area contributed by atoms with Gasteiger partial charge in [0.1, 0.15) is 11.9 Å². The van der Waals surface area contributed by atoms with Crippen molar-refractivity contribution in [1.82, 2.24) is 5.32 Å². The van der Waals surface area contributed by atoms with Crippen LogP contribution in [0.3, 0.4) is 0 Å². The monoisotopic (exact) mass is 285 g/mol. The molecule has 0 aliphatic heterocycles. The molecule has 6 heteroatoms. The fourth-order valence-electron chi connectivity index (χ4n) is 1.51. The molecular weight excluding hydrogens is 269 g/mol. The number of rotatable bonds is 6. The number of benzene rings is 1. The summed E-state index contributed by atoms with van der Waals surface area (Å²) in [7, 11) is 1.25. The van der Waals surface area contributed by atoms with Crippen molar-refractivity contribution in [2.45, 2.75) is 12.5 Å². The molecule has 1 aromatic rings. The minimum Gasteiger partial charge on any atom is -0.467 e. The lowest BCUT2D eigenvalue weighted by atomic mass is 10.1. The van der Waals surface area contributed by atoms with Crippen LogP contribution in [0.2, 0.25) is 0 Å². The highest BCUT2D eigenvalue weighted by molar-refractivity contribution is 7.98. The molecular formula is C13H16FNO3S. The van der Waals surface area contributed by atoms with Crippen LogP contribution in [0, 0.1) is 5.82 Å². The Morgan fingerprint density at radius 1 is 1.42 bits per heavy atom. The maximum Gasteiger partial charge on any atom is 0.328 e. The second-order valence-corrected chi connectivity index (χ2v) is 4.80. The van der Waals surface area contributed by atoms with Gasteiger partial charge in [-0.15, -0.1) is 0 Å². The molecule has 0 radical (unpaired) electrons. The Hall–Kier alpha value is -1.56. The summed E-state index contributed by atoms with van der Waals surface area (Å²) in [6.45, 7) is 0. The molecule has 1 rings (SSSR count). The first kappa shape index (κ1) is 15.5. The van der Waals surface area contributed by atoms with E-state index in [1.807, 2.05) is 6.26 Å². The number of ether oxygens (including phenoxy) is 1. The summed E-state index contributed by atoms with van der Waals surface area (Å²) < 4.78 is 18.1. The van der Waals surface area contributed by atoms with E-state index in [9.17, 15) is 14.0 Å². The summed E-state index contributed by atoms with van der Waals surface area (Å²) in [6.07, 6.45) is 2.33. The van der Waals surface area contributed by atoms with Gasteiger partial charge in [0.25, 0.3) is 5.91 Å². The molecule has 1 aromatic carbocycles. The number of carbonyl (C=O) groups is 2. The molecule has 0 bridgehead atoms. The van der Waals surface area contributed by atoms with Crippen molar-refractivity contribution >= 4 is 23.6 Å². The molecule has 1 amide bonds. The average Bonchev–Trinajstić information content (AvgIpc) is 2.42. The normalized spacial score (nSPS) is 11.7. The van der Waals surface area contributed by atoms with Gasteiger partial charge in [-0.3, -0.25) is 4.79 Å². The predicted molar refractivity (Wildman–Crippen MR) is 72.7 cm³/mol. The molecule has 4 nitrogen and oxygen atoms in total. The fraction of sp³-hybridized carbons (Fsp3) is 0.385. The van der Waals surface area contributed by atoms with Gasteiger partial charge in [0.15, 0.2) is 0 Å². The zero-order valence-corrected chi connectivity index (χ0v) is 11.6. The first-order chi connectivity index (χ1) is 9.10. The van der Waals surface area contributed by atoms with E-state index in [-0.39, 0.29) is 5.56 Å². The molecule has 104 valence electrons. The van der Waals surface area contributed by atoms with Crippen molar-refractivity contribution in [3.05, 3.63) is 35.6 Å². The third-order valence-corrected chi connectivity index (χ3v) is 3.16. The minimum atomic E-state index is -0.760. The van der Waals surface area contributed by atoms with Crippen molar-refractivity contribution in [1.29, 1.82) is 0 Å². The van der Waals surface area contributed by atoms with Crippen molar-refractivity contribution in [3.8, 4) is 0 Å².